The van der Waals surface area contributed by atoms with Gasteiger partial charge in [-0.15, -0.1) is 0 Å². The molecule has 0 radical (unpaired) electrons. The van der Waals surface area contributed by atoms with Crippen molar-refractivity contribution in [1.29, 1.82) is 0 Å². The Labute approximate surface area is 98.0 Å². The number of rotatable bonds is 3. The maximum absolute atomic E-state index is 4.22. The van der Waals surface area contributed by atoms with Crippen molar-refractivity contribution in [3.63, 3.8) is 0 Å². The third-order valence-electron chi connectivity index (χ3n) is 1.43. The van der Waals surface area contributed by atoms with E-state index in [1.165, 1.54) is 0 Å². The molecule has 0 saturated carbocycles. The summed E-state index contributed by atoms with van der Waals surface area (Å²) in [7, 11) is 0. The minimum atomic E-state index is 0.325. The molecule has 1 rings (SSSR count). The second kappa shape index (κ2) is 8.74. The van der Waals surface area contributed by atoms with Crippen LogP contribution >= 0.6 is 11.9 Å². The first-order valence-electron chi connectivity index (χ1n) is 5.27. The third kappa shape index (κ3) is 8.45. The number of nitrogens with zero attached hydrogens (tertiary/aromatic N) is 1. The van der Waals surface area contributed by atoms with E-state index in [4.69, 9.17) is 0 Å². The Balaban J connectivity index is 0.000000423. The summed E-state index contributed by atoms with van der Waals surface area (Å²) in [4.78, 5) is 4.22. The van der Waals surface area contributed by atoms with Gasteiger partial charge in [-0.1, -0.05) is 38.8 Å². The maximum Gasteiger partial charge on any atom is 0.0579 e. The monoisotopic (exact) mass is 226 g/mol. The number of nitrogens with one attached hydrogen (secondary N) is 1. The van der Waals surface area contributed by atoms with Gasteiger partial charge in [-0.3, -0.25) is 9.71 Å². The second-order valence-electron chi connectivity index (χ2n) is 4.03. The maximum atomic E-state index is 4.22. The molecule has 1 aromatic rings. The van der Waals surface area contributed by atoms with Crippen LogP contribution in [0.25, 0.3) is 0 Å². The fourth-order valence-corrected chi connectivity index (χ4v) is 1.34. The van der Waals surface area contributed by atoms with Crippen LogP contribution in [-0.4, -0.2) is 11.2 Å². The van der Waals surface area contributed by atoms with Gasteiger partial charge in [0, 0.05) is 6.20 Å². The molecule has 1 atom stereocenters. The molecule has 0 spiro atoms. The number of aromatic nitrogens is 1. The fraction of sp³-hybridized carbons (Fsp3) is 0.583. The molecule has 1 heterocycles. The average molecular weight is 226 g/mol. The summed E-state index contributed by atoms with van der Waals surface area (Å²) < 4.78 is 3.22. The Morgan fingerprint density at radius 3 is 2.20 bits per heavy atom. The number of hydrogen-bond donors (Lipinski definition) is 1. The Hall–Kier alpha value is -0.540. The van der Waals surface area contributed by atoms with Gasteiger partial charge in [0.1, 0.15) is 0 Å². The highest BCUT2D eigenvalue weighted by atomic mass is 32.2. The van der Waals surface area contributed by atoms with Crippen LogP contribution in [0.2, 0.25) is 0 Å². The van der Waals surface area contributed by atoms with E-state index >= 15 is 0 Å². The minimum absolute atomic E-state index is 0.325. The van der Waals surface area contributed by atoms with E-state index in [9.17, 15) is 0 Å². The quantitative estimate of drug-likeness (QED) is 0.796. The first-order valence-corrected chi connectivity index (χ1v) is 6.49. The predicted octanol–water partition coefficient (Wildman–Crippen LogP) is 3.67. The lowest BCUT2D eigenvalue weighted by molar-refractivity contribution is 0.726. The van der Waals surface area contributed by atoms with Gasteiger partial charge in [0.05, 0.1) is 11.7 Å². The molecular weight excluding hydrogens is 204 g/mol. The van der Waals surface area contributed by atoms with E-state index in [1.54, 1.807) is 11.9 Å². The predicted molar refractivity (Wildman–Crippen MR) is 69.8 cm³/mol. The lowest BCUT2D eigenvalue weighted by atomic mass is 10.2. The van der Waals surface area contributed by atoms with Crippen molar-refractivity contribution in [2.45, 2.75) is 33.7 Å². The van der Waals surface area contributed by atoms with Crippen LogP contribution < -0.4 is 4.72 Å². The van der Waals surface area contributed by atoms with Crippen LogP contribution in [0.1, 0.15) is 39.4 Å². The van der Waals surface area contributed by atoms with Crippen molar-refractivity contribution in [3.05, 3.63) is 30.1 Å². The highest BCUT2D eigenvalue weighted by Crippen LogP contribution is 2.09. The average Bonchev–Trinajstić information content (AvgIpc) is 2.19. The SMILES string of the molecule is CC(C)C.CSN[C@@H](C)c1ccccn1. The largest absolute Gasteiger partial charge is 0.260 e. The number of pyridine rings is 1. The molecule has 0 unspecified atom stereocenters. The molecule has 0 amide bonds. The van der Waals surface area contributed by atoms with Gasteiger partial charge in [0.25, 0.3) is 0 Å². The summed E-state index contributed by atoms with van der Waals surface area (Å²) in [5.41, 5.74) is 1.09. The topological polar surface area (TPSA) is 24.9 Å². The molecule has 86 valence electrons. The molecule has 0 saturated heterocycles. The van der Waals surface area contributed by atoms with Gasteiger partial charge in [-0.05, 0) is 31.2 Å². The van der Waals surface area contributed by atoms with Crippen LogP contribution in [0.15, 0.2) is 24.4 Å². The summed E-state index contributed by atoms with van der Waals surface area (Å²) in [5, 5.41) is 0. The molecule has 0 fully saturated rings. The van der Waals surface area contributed by atoms with Crippen molar-refractivity contribution in [3.8, 4) is 0 Å². The van der Waals surface area contributed by atoms with Crippen LogP contribution in [-0.2, 0) is 0 Å². The van der Waals surface area contributed by atoms with Crippen molar-refractivity contribution in [2.24, 2.45) is 5.92 Å². The van der Waals surface area contributed by atoms with Crippen molar-refractivity contribution < 1.29 is 0 Å². The zero-order valence-electron chi connectivity index (χ0n) is 10.3. The Morgan fingerprint density at radius 2 is 1.80 bits per heavy atom. The summed E-state index contributed by atoms with van der Waals surface area (Å²) in [5.74, 6) is 0.833. The van der Waals surface area contributed by atoms with E-state index < -0.39 is 0 Å². The minimum Gasteiger partial charge on any atom is -0.260 e. The molecule has 1 N–H and O–H groups in total. The molecular formula is C12H22N2S. The Morgan fingerprint density at radius 1 is 1.20 bits per heavy atom. The highest BCUT2D eigenvalue weighted by Gasteiger charge is 2.02. The fourth-order valence-electron chi connectivity index (χ4n) is 0.869. The molecule has 1 aromatic heterocycles. The van der Waals surface area contributed by atoms with Gasteiger partial charge in [0.15, 0.2) is 0 Å². The second-order valence-corrected chi connectivity index (χ2v) is 4.67. The smallest absolute Gasteiger partial charge is 0.0579 e. The molecule has 0 aliphatic heterocycles. The van der Waals surface area contributed by atoms with E-state index in [-0.39, 0.29) is 0 Å². The van der Waals surface area contributed by atoms with Crippen molar-refractivity contribution >= 4 is 11.9 Å². The van der Waals surface area contributed by atoms with Crippen molar-refractivity contribution in [2.75, 3.05) is 6.26 Å². The molecule has 3 heteroatoms. The van der Waals surface area contributed by atoms with Crippen LogP contribution in [0.3, 0.4) is 0 Å². The van der Waals surface area contributed by atoms with Gasteiger partial charge in [-0.25, -0.2) is 0 Å². The van der Waals surface area contributed by atoms with E-state index in [2.05, 4.69) is 37.4 Å². The summed E-state index contributed by atoms with van der Waals surface area (Å²) >= 11 is 1.61. The lowest BCUT2D eigenvalue weighted by Gasteiger charge is -2.09. The van der Waals surface area contributed by atoms with Crippen LogP contribution in [0, 0.1) is 5.92 Å². The van der Waals surface area contributed by atoms with E-state index in [0.717, 1.165) is 11.6 Å². The molecule has 0 bridgehead atoms. The standard InChI is InChI=1S/C8H12N2S.C4H10/c1-7(10-11-2)8-5-3-4-6-9-8;1-4(2)3/h3-7,10H,1-2H3;4H,1-3H3/t7-;/m0./s1. The zero-order valence-corrected chi connectivity index (χ0v) is 11.1. The summed E-state index contributed by atoms with van der Waals surface area (Å²) in [6.45, 7) is 8.60. The van der Waals surface area contributed by atoms with Gasteiger partial charge in [0.2, 0.25) is 0 Å². The van der Waals surface area contributed by atoms with Crippen molar-refractivity contribution in [1.82, 2.24) is 9.71 Å². The van der Waals surface area contributed by atoms with Gasteiger partial charge in [-0.2, -0.15) is 0 Å². The first-order chi connectivity index (χ1) is 7.07. The first kappa shape index (κ1) is 14.5. The highest BCUT2D eigenvalue weighted by molar-refractivity contribution is 7.96. The van der Waals surface area contributed by atoms with Crippen LogP contribution in [0.5, 0.6) is 0 Å². The Kier molecular flexibility index (Phi) is 8.43. The van der Waals surface area contributed by atoms with E-state index in [0.29, 0.717) is 6.04 Å². The summed E-state index contributed by atoms with van der Waals surface area (Å²) in [6.07, 6.45) is 3.83. The van der Waals surface area contributed by atoms with Crippen LogP contribution in [0.4, 0.5) is 0 Å². The molecule has 2 nitrogen and oxygen atoms in total. The molecule has 0 aliphatic carbocycles. The van der Waals surface area contributed by atoms with Gasteiger partial charge >= 0.3 is 0 Å². The summed E-state index contributed by atoms with van der Waals surface area (Å²) in [6, 6.07) is 6.27. The molecule has 0 aromatic carbocycles. The normalized spacial score (nSPS) is 11.9. The van der Waals surface area contributed by atoms with Gasteiger partial charge < -0.3 is 0 Å². The molecule has 0 aliphatic rings. The third-order valence-corrected chi connectivity index (χ3v) is 2.02. The zero-order chi connectivity index (χ0) is 11.7. The lowest BCUT2D eigenvalue weighted by Crippen LogP contribution is -2.10. The Bertz CT molecular complexity index is 234. The van der Waals surface area contributed by atoms with E-state index in [1.807, 2.05) is 30.7 Å². The molecule has 15 heavy (non-hydrogen) atoms. The number of hydrogen-bond acceptors (Lipinski definition) is 3.